The Morgan fingerprint density at radius 3 is 2.50 bits per heavy atom. The lowest BCUT2D eigenvalue weighted by Gasteiger charge is -2.15. The summed E-state index contributed by atoms with van der Waals surface area (Å²) in [5.74, 6) is 0. The van der Waals surface area contributed by atoms with Crippen molar-refractivity contribution in [3.63, 3.8) is 0 Å². The van der Waals surface area contributed by atoms with Gasteiger partial charge in [0.2, 0.25) is 0 Å². The number of hydrogen-bond acceptors (Lipinski definition) is 4. The Kier molecular flexibility index (Phi) is 4.96. The molecule has 2 rings (SSSR count). The highest BCUT2D eigenvalue weighted by atomic mass is 35.5. The van der Waals surface area contributed by atoms with Crippen LogP contribution in [0.5, 0.6) is 0 Å². The summed E-state index contributed by atoms with van der Waals surface area (Å²) in [4.78, 5) is 3.89. The minimum absolute atomic E-state index is 0.440. The first-order valence-corrected chi connectivity index (χ1v) is 7.92. The number of alkyl halides is 3. The third-order valence-electron chi connectivity index (χ3n) is 2.45. The van der Waals surface area contributed by atoms with Gasteiger partial charge >= 0.3 is 6.18 Å². The van der Waals surface area contributed by atoms with Crippen LogP contribution in [-0.4, -0.2) is 11.5 Å². The summed E-state index contributed by atoms with van der Waals surface area (Å²) >= 11 is 13.8. The molecule has 0 fully saturated rings. The van der Waals surface area contributed by atoms with E-state index in [2.05, 4.69) is 10.3 Å². The second-order valence-electron chi connectivity index (χ2n) is 3.84. The minimum Gasteiger partial charge on any atom is -0.306 e. The van der Waals surface area contributed by atoms with E-state index in [4.69, 9.17) is 23.2 Å². The van der Waals surface area contributed by atoms with Gasteiger partial charge < -0.3 is 5.32 Å². The first-order chi connectivity index (χ1) is 9.32. The van der Waals surface area contributed by atoms with Crippen LogP contribution in [0.25, 0.3) is 0 Å². The Balaban J connectivity index is 2.39. The molecular weight excluding hydrogens is 352 g/mol. The van der Waals surface area contributed by atoms with Gasteiger partial charge in [-0.3, -0.25) is 0 Å². The molecule has 0 aliphatic heterocycles. The first kappa shape index (κ1) is 16.0. The van der Waals surface area contributed by atoms with E-state index in [1.807, 2.05) is 6.92 Å². The molecule has 2 nitrogen and oxygen atoms in total. The summed E-state index contributed by atoms with van der Waals surface area (Å²) in [5.41, 5.74) is 0.667. The predicted molar refractivity (Wildman–Crippen MR) is 77.0 cm³/mol. The maximum atomic E-state index is 12.6. The molecule has 1 N–H and O–H groups in total. The van der Waals surface area contributed by atoms with E-state index in [0.29, 0.717) is 37.0 Å². The summed E-state index contributed by atoms with van der Waals surface area (Å²) in [5, 5.41) is 2.23. The molecule has 0 aliphatic carbocycles. The number of nitrogens with one attached hydrogen (secondary N) is 1. The zero-order chi connectivity index (χ0) is 14.9. The molecule has 2 heterocycles. The average Bonchev–Trinajstić information content (AvgIpc) is 2.92. The van der Waals surface area contributed by atoms with Crippen LogP contribution in [0.4, 0.5) is 13.2 Å². The van der Waals surface area contributed by atoms with Crippen LogP contribution in [0, 0.1) is 0 Å². The average molecular weight is 361 g/mol. The summed E-state index contributed by atoms with van der Waals surface area (Å²) in [6.45, 7) is 2.44. The van der Waals surface area contributed by atoms with Gasteiger partial charge in [-0.05, 0) is 12.6 Å². The van der Waals surface area contributed by atoms with Gasteiger partial charge in [0.25, 0.3) is 0 Å². The Bertz CT molecular complexity index is 595. The Labute approximate surface area is 131 Å². The highest BCUT2D eigenvalue weighted by Crippen LogP contribution is 2.40. The molecule has 110 valence electrons. The van der Waals surface area contributed by atoms with E-state index < -0.39 is 17.2 Å². The molecule has 1 atom stereocenters. The molecule has 0 bridgehead atoms. The van der Waals surface area contributed by atoms with E-state index in [1.165, 1.54) is 17.5 Å². The lowest BCUT2D eigenvalue weighted by molar-refractivity contribution is -0.137. The normalized spacial score (nSPS) is 13.7. The third kappa shape index (κ3) is 3.46. The zero-order valence-corrected chi connectivity index (χ0v) is 13.2. The second-order valence-corrected chi connectivity index (χ2v) is 7.18. The van der Waals surface area contributed by atoms with Crippen molar-refractivity contribution < 1.29 is 13.2 Å². The standard InChI is InChI=1S/C11H9Cl2F3N2S2/c1-2-17-8(5-3-7(12)20-9(5)13)6-4-18-10(19-6)11(14,15)16/h3-4,8,17H,2H2,1H3. The number of aromatic nitrogens is 1. The maximum absolute atomic E-state index is 12.6. The molecule has 1 unspecified atom stereocenters. The fourth-order valence-corrected chi connectivity index (χ4v) is 4.08. The number of thiophene rings is 1. The van der Waals surface area contributed by atoms with Gasteiger partial charge in [-0.25, -0.2) is 4.98 Å². The van der Waals surface area contributed by atoms with Crippen molar-refractivity contribution in [3.8, 4) is 0 Å². The van der Waals surface area contributed by atoms with Gasteiger partial charge in [-0.2, -0.15) is 13.2 Å². The molecule has 0 saturated carbocycles. The minimum atomic E-state index is -4.43. The second kappa shape index (κ2) is 6.19. The quantitative estimate of drug-likeness (QED) is 0.807. The van der Waals surface area contributed by atoms with Crippen molar-refractivity contribution in [2.75, 3.05) is 6.54 Å². The van der Waals surface area contributed by atoms with Crippen LogP contribution in [0.1, 0.15) is 28.4 Å². The number of thiazole rings is 1. The van der Waals surface area contributed by atoms with Crippen molar-refractivity contribution in [3.05, 3.63) is 36.4 Å². The smallest absolute Gasteiger partial charge is 0.306 e. The molecule has 0 spiro atoms. The van der Waals surface area contributed by atoms with Crippen LogP contribution in [-0.2, 0) is 6.18 Å². The van der Waals surface area contributed by atoms with Gasteiger partial charge in [-0.15, -0.1) is 22.7 Å². The van der Waals surface area contributed by atoms with Crippen molar-refractivity contribution in [1.29, 1.82) is 0 Å². The summed E-state index contributed by atoms with van der Waals surface area (Å²) < 4.78 is 38.8. The Morgan fingerprint density at radius 1 is 1.35 bits per heavy atom. The van der Waals surface area contributed by atoms with Crippen LogP contribution in [0.2, 0.25) is 8.67 Å². The van der Waals surface area contributed by atoms with E-state index in [1.54, 1.807) is 6.07 Å². The lowest BCUT2D eigenvalue weighted by Crippen LogP contribution is -2.20. The molecule has 2 aromatic heterocycles. The van der Waals surface area contributed by atoms with Gasteiger partial charge in [0.15, 0.2) is 5.01 Å². The van der Waals surface area contributed by atoms with Gasteiger partial charge in [0.05, 0.1) is 14.7 Å². The lowest BCUT2D eigenvalue weighted by atomic mass is 10.1. The molecule has 0 saturated heterocycles. The fraction of sp³-hybridized carbons (Fsp3) is 0.364. The Hall–Kier alpha value is -0.340. The van der Waals surface area contributed by atoms with E-state index in [0.717, 1.165) is 0 Å². The number of rotatable bonds is 4. The molecule has 2 aromatic rings. The summed E-state index contributed by atoms with van der Waals surface area (Å²) in [7, 11) is 0. The molecule has 20 heavy (non-hydrogen) atoms. The van der Waals surface area contributed by atoms with Crippen molar-refractivity contribution >= 4 is 45.9 Å². The van der Waals surface area contributed by atoms with E-state index >= 15 is 0 Å². The highest BCUT2D eigenvalue weighted by molar-refractivity contribution is 7.20. The van der Waals surface area contributed by atoms with Crippen molar-refractivity contribution in [2.24, 2.45) is 0 Å². The molecule has 9 heteroatoms. The maximum Gasteiger partial charge on any atom is 0.443 e. The predicted octanol–water partition coefficient (Wildman–Crippen LogP) is 5.23. The third-order valence-corrected chi connectivity index (χ3v) is 5.08. The van der Waals surface area contributed by atoms with Crippen LogP contribution in [0.3, 0.4) is 0 Å². The van der Waals surface area contributed by atoms with E-state index in [-0.39, 0.29) is 0 Å². The van der Waals surface area contributed by atoms with E-state index in [9.17, 15) is 13.2 Å². The topological polar surface area (TPSA) is 24.9 Å². The monoisotopic (exact) mass is 360 g/mol. The number of nitrogens with zero attached hydrogens (tertiary/aromatic N) is 1. The summed E-state index contributed by atoms with van der Waals surface area (Å²) in [6.07, 6.45) is -3.21. The van der Waals surface area contributed by atoms with Gasteiger partial charge in [0, 0.05) is 16.6 Å². The molecular formula is C11H9Cl2F3N2S2. The number of halogens is 5. The first-order valence-electron chi connectivity index (χ1n) is 5.54. The molecule has 0 radical (unpaired) electrons. The van der Waals surface area contributed by atoms with Crippen LogP contribution < -0.4 is 5.32 Å². The SMILES string of the molecule is CCNC(c1cnc(C(F)(F)F)s1)c1cc(Cl)sc1Cl. The zero-order valence-electron chi connectivity index (χ0n) is 10.1. The molecule has 0 aliphatic rings. The molecule has 0 aromatic carbocycles. The largest absolute Gasteiger partial charge is 0.443 e. The Morgan fingerprint density at radius 2 is 2.05 bits per heavy atom. The summed E-state index contributed by atoms with van der Waals surface area (Å²) in [6, 6.07) is 1.22. The van der Waals surface area contributed by atoms with Crippen LogP contribution in [0.15, 0.2) is 12.3 Å². The van der Waals surface area contributed by atoms with Crippen molar-refractivity contribution in [2.45, 2.75) is 19.1 Å². The highest BCUT2D eigenvalue weighted by Gasteiger charge is 2.35. The van der Waals surface area contributed by atoms with Gasteiger partial charge in [0.1, 0.15) is 0 Å². The van der Waals surface area contributed by atoms with Crippen LogP contribution >= 0.6 is 45.9 Å². The fourth-order valence-electron chi connectivity index (χ4n) is 1.67. The van der Waals surface area contributed by atoms with Gasteiger partial charge in [-0.1, -0.05) is 30.1 Å². The number of hydrogen-bond donors (Lipinski definition) is 1. The molecule has 0 amide bonds. The van der Waals surface area contributed by atoms with Crippen molar-refractivity contribution in [1.82, 2.24) is 10.3 Å².